The number of hydrogen-bond acceptors (Lipinski definition) is 7. The number of amides is 1. The minimum absolute atomic E-state index is 0.0858. The highest BCUT2D eigenvalue weighted by atomic mass is 16.6. The lowest BCUT2D eigenvalue weighted by Crippen LogP contribution is -2.58. The van der Waals surface area contributed by atoms with Crippen LogP contribution >= 0.6 is 0 Å². The van der Waals surface area contributed by atoms with E-state index in [1.165, 1.54) is 0 Å². The van der Waals surface area contributed by atoms with Crippen LogP contribution in [0.3, 0.4) is 0 Å². The normalized spacial score (nSPS) is 38.4. The average molecular weight is 506 g/mol. The van der Waals surface area contributed by atoms with E-state index in [0.29, 0.717) is 55.3 Å². The van der Waals surface area contributed by atoms with Crippen molar-refractivity contribution in [1.29, 1.82) is 0 Å². The number of nitrogens with zero attached hydrogens (tertiary/aromatic N) is 1. The topological polar surface area (TPSA) is 182 Å². The summed E-state index contributed by atoms with van der Waals surface area (Å²) in [5.74, 6) is -0.740. The van der Waals surface area contributed by atoms with Crippen molar-refractivity contribution < 1.29 is 34.2 Å². The van der Waals surface area contributed by atoms with Crippen LogP contribution in [0.4, 0.5) is 0 Å². The second-order valence-corrected chi connectivity index (χ2v) is 11.1. The molecular formula is C26H39N3O7. The Hall–Kier alpha value is -2.75. The Labute approximate surface area is 211 Å². The van der Waals surface area contributed by atoms with E-state index < -0.39 is 11.9 Å². The van der Waals surface area contributed by atoms with Gasteiger partial charge in [0.25, 0.3) is 0 Å². The number of carbonyl (C=O) groups is 4. The number of carboxylic acid groups (broad SMARTS) is 2. The third kappa shape index (κ3) is 5.48. The number of oxime groups is 1. The zero-order valence-electron chi connectivity index (χ0n) is 21.2. The van der Waals surface area contributed by atoms with Crippen molar-refractivity contribution in [2.45, 2.75) is 65.2 Å². The molecule has 0 unspecified atom stereocenters. The first-order valence-electron chi connectivity index (χ1n) is 12.8. The molecule has 0 bridgehead atoms. The lowest BCUT2D eigenvalue weighted by molar-refractivity contribution is -0.151. The number of Topliss-reactive ketones (excluding diaryl/α,β-unsaturated/α-hetero) is 1. The molecule has 4 fully saturated rings. The first kappa shape index (κ1) is 27.8. The monoisotopic (exact) mass is 505 g/mol. The smallest absolute Gasteiger partial charge is 0.328 e. The molecule has 0 heterocycles. The van der Waals surface area contributed by atoms with Crippen molar-refractivity contribution in [3.05, 3.63) is 12.2 Å². The number of carbonyl (C=O) groups excluding carboxylic acids is 2. The summed E-state index contributed by atoms with van der Waals surface area (Å²) in [4.78, 5) is 49.6. The van der Waals surface area contributed by atoms with Gasteiger partial charge in [-0.25, -0.2) is 9.59 Å². The molecule has 0 aromatic heterocycles. The standard InChI is InChI=1S/C22H35N3O3.C4H4O4/c1-21-7-5-13(25-28-10-9-23)11-18(21)15(20(24)27)12-14-16-3-4-19(26)22(16,2)8-6-17(14)21;5-3(6)1-2-4(7)8/h14-18H,3-12,23H2,1-2H3,(H2,24,27);1-2H,(H,5,6)(H,7,8)/b25-13+;2-1+/t14-,15-,16-,17-,18+,21+,22-;/m0./s1. The van der Waals surface area contributed by atoms with Crippen LogP contribution in [0.5, 0.6) is 0 Å². The van der Waals surface area contributed by atoms with Crippen molar-refractivity contribution in [2.24, 2.45) is 57.0 Å². The van der Waals surface area contributed by atoms with E-state index >= 15 is 0 Å². The first-order valence-corrected chi connectivity index (χ1v) is 12.8. The maximum Gasteiger partial charge on any atom is 0.328 e. The van der Waals surface area contributed by atoms with Crippen LogP contribution in [-0.2, 0) is 24.0 Å². The molecule has 10 heteroatoms. The van der Waals surface area contributed by atoms with Gasteiger partial charge < -0.3 is 26.5 Å². The summed E-state index contributed by atoms with van der Waals surface area (Å²) in [6.07, 6.45) is 8.47. The lowest BCUT2D eigenvalue weighted by Gasteiger charge is -2.61. The van der Waals surface area contributed by atoms with Crippen molar-refractivity contribution >= 4 is 29.3 Å². The molecule has 0 aliphatic heterocycles. The molecule has 7 atom stereocenters. The Balaban J connectivity index is 0.000000392. The summed E-state index contributed by atoms with van der Waals surface area (Å²) in [5, 5.41) is 19.9. The van der Waals surface area contributed by atoms with Crippen molar-refractivity contribution in [2.75, 3.05) is 13.2 Å². The van der Waals surface area contributed by atoms with Crippen LogP contribution < -0.4 is 11.5 Å². The van der Waals surface area contributed by atoms with Gasteiger partial charge in [0.1, 0.15) is 12.4 Å². The average Bonchev–Trinajstić information content (AvgIpc) is 3.12. The Morgan fingerprint density at radius 3 is 2.31 bits per heavy atom. The van der Waals surface area contributed by atoms with Gasteiger partial charge in [0.05, 0.1) is 5.71 Å². The first-order chi connectivity index (χ1) is 16.9. The third-order valence-corrected chi connectivity index (χ3v) is 9.40. The highest BCUT2D eigenvalue weighted by Gasteiger charge is 2.62. The summed E-state index contributed by atoms with van der Waals surface area (Å²) >= 11 is 0. The molecule has 6 N–H and O–H groups in total. The summed E-state index contributed by atoms with van der Waals surface area (Å²) in [5.41, 5.74) is 12.4. The number of rotatable bonds is 6. The second kappa shape index (κ2) is 11.1. The maximum absolute atomic E-state index is 12.6. The zero-order chi connectivity index (χ0) is 26.7. The highest BCUT2D eigenvalue weighted by molar-refractivity contribution is 5.90. The number of aliphatic carboxylic acids is 2. The molecular weight excluding hydrogens is 466 g/mol. The Bertz CT molecular complexity index is 932. The van der Waals surface area contributed by atoms with Gasteiger partial charge in [0, 0.05) is 36.5 Å². The van der Waals surface area contributed by atoms with Crippen LogP contribution in [-0.4, -0.2) is 52.7 Å². The Morgan fingerprint density at radius 1 is 1.06 bits per heavy atom. The van der Waals surface area contributed by atoms with Crippen LogP contribution in [0, 0.1) is 40.4 Å². The molecule has 10 nitrogen and oxygen atoms in total. The number of primary amides is 1. The number of ketones is 1. The molecule has 0 saturated heterocycles. The van der Waals surface area contributed by atoms with Gasteiger partial charge in [0.15, 0.2) is 0 Å². The van der Waals surface area contributed by atoms with E-state index in [1.807, 2.05) is 0 Å². The Kier molecular flexibility index (Phi) is 8.59. The van der Waals surface area contributed by atoms with E-state index in [4.69, 9.17) is 26.5 Å². The van der Waals surface area contributed by atoms with Gasteiger partial charge >= 0.3 is 11.9 Å². The van der Waals surface area contributed by atoms with E-state index in [9.17, 15) is 19.2 Å². The minimum atomic E-state index is -1.26. The van der Waals surface area contributed by atoms with E-state index in [1.54, 1.807) is 0 Å². The molecule has 0 aromatic carbocycles. The summed E-state index contributed by atoms with van der Waals surface area (Å²) < 4.78 is 0. The largest absolute Gasteiger partial charge is 0.478 e. The fourth-order valence-corrected chi connectivity index (χ4v) is 7.64. The van der Waals surface area contributed by atoms with Crippen molar-refractivity contribution in [3.8, 4) is 0 Å². The second-order valence-electron chi connectivity index (χ2n) is 11.1. The minimum Gasteiger partial charge on any atom is -0.478 e. The van der Waals surface area contributed by atoms with Crippen LogP contribution in [0.25, 0.3) is 0 Å². The molecule has 200 valence electrons. The molecule has 36 heavy (non-hydrogen) atoms. The van der Waals surface area contributed by atoms with Gasteiger partial charge in [-0.2, -0.15) is 0 Å². The van der Waals surface area contributed by atoms with Crippen molar-refractivity contribution in [3.63, 3.8) is 0 Å². The fraction of sp³-hybridized carbons (Fsp3) is 0.731. The zero-order valence-corrected chi connectivity index (χ0v) is 21.2. The molecule has 0 radical (unpaired) electrons. The molecule has 1 amide bonds. The van der Waals surface area contributed by atoms with Gasteiger partial charge in [-0.1, -0.05) is 19.0 Å². The summed E-state index contributed by atoms with van der Waals surface area (Å²) in [6, 6.07) is 0. The van der Waals surface area contributed by atoms with Gasteiger partial charge in [-0.3, -0.25) is 9.59 Å². The molecule has 4 rings (SSSR count). The van der Waals surface area contributed by atoms with Crippen LogP contribution in [0.15, 0.2) is 17.3 Å². The van der Waals surface area contributed by atoms with E-state index in [-0.39, 0.29) is 28.6 Å². The van der Waals surface area contributed by atoms with Gasteiger partial charge in [-0.05, 0) is 74.0 Å². The Morgan fingerprint density at radius 2 is 1.72 bits per heavy atom. The van der Waals surface area contributed by atoms with Gasteiger partial charge in [-0.15, -0.1) is 0 Å². The number of nitrogens with two attached hydrogens (primary N) is 2. The highest BCUT2D eigenvalue weighted by Crippen LogP contribution is 2.66. The van der Waals surface area contributed by atoms with Crippen LogP contribution in [0.2, 0.25) is 0 Å². The summed E-state index contributed by atoms with van der Waals surface area (Å²) in [7, 11) is 0. The van der Waals surface area contributed by atoms with E-state index in [2.05, 4.69) is 19.0 Å². The maximum atomic E-state index is 12.6. The number of fused-ring (bicyclic) bond motifs is 5. The van der Waals surface area contributed by atoms with E-state index in [0.717, 1.165) is 50.7 Å². The predicted molar refractivity (Wildman–Crippen MR) is 132 cm³/mol. The fourth-order valence-electron chi connectivity index (χ4n) is 7.64. The predicted octanol–water partition coefficient (Wildman–Crippen LogP) is 2.35. The quantitative estimate of drug-likeness (QED) is 0.241. The lowest BCUT2D eigenvalue weighted by atomic mass is 9.43. The third-order valence-electron chi connectivity index (χ3n) is 9.40. The molecule has 0 aromatic rings. The number of carboxylic acids is 2. The van der Waals surface area contributed by atoms with Crippen LogP contribution in [0.1, 0.15) is 65.2 Å². The molecule has 0 spiro atoms. The van der Waals surface area contributed by atoms with Crippen molar-refractivity contribution in [1.82, 2.24) is 0 Å². The summed E-state index contributed by atoms with van der Waals surface area (Å²) in [6.45, 7) is 5.42. The SMILES string of the molecule is C[C@]12CC/C(=N\OCCN)C[C@@H]1[C@@H](C(N)=O)C[C@@H]1[C@@H]2CC[C@]2(C)C(=O)CC[C@@H]12.O=C(O)/C=C/C(=O)O. The number of hydrogen-bond donors (Lipinski definition) is 4. The molecule has 4 aliphatic rings. The molecule has 4 aliphatic carbocycles. The van der Waals surface area contributed by atoms with Gasteiger partial charge in [0.2, 0.25) is 5.91 Å². The molecule has 4 saturated carbocycles.